The first-order valence-corrected chi connectivity index (χ1v) is 7.45. The molecule has 0 fully saturated rings. The van der Waals surface area contributed by atoms with Crippen molar-refractivity contribution in [2.45, 2.75) is 19.4 Å². The second-order valence-corrected chi connectivity index (χ2v) is 4.92. The van der Waals surface area contributed by atoms with E-state index in [0.29, 0.717) is 43.3 Å². The normalized spacial score (nSPS) is 9.36. The Morgan fingerprint density at radius 3 is 2.68 bits per heavy atom. The monoisotopic (exact) mass is 387 g/mol. The molecule has 138 valence electrons. The number of methoxy groups -OCH3 is 1. The largest absolute Gasteiger partial charge is 0.497 e. The van der Waals surface area contributed by atoms with E-state index in [1.54, 1.807) is 25.4 Å². The van der Waals surface area contributed by atoms with Crippen LogP contribution in [-0.4, -0.2) is 24.5 Å². The first-order valence-electron chi connectivity index (χ1n) is 7.45. The molecule has 1 amide bonds. The number of aromatic nitrogens is 1. The molecule has 0 radical (unpaired) electrons. The maximum absolute atomic E-state index is 11.7. The van der Waals surface area contributed by atoms with Gasteiger partial charge < -0.3 is 20.5 Å². The quantitative estimate of drug-likeness (QED) is 0.726. The van der Waals surface area contributed by atoms with E-state index in [-0.39, 0.29) is 30.7 Å². The summed E-state index contributed by atoms with van der Waals surface area (Å²) in [5.74, 6) is 1.75. The van der Waals surface area contributed by atoms with Gasteiger partial charge in [0.1, 0.15) is 11.5 Å². The van der Waals surface area contributed by atoms with Gasteiger partial charge in [0.15, 0.2) is 0 Å². The molecule has 0 aliphatic heterocycles. The number of nitrogens with zero attached hydrogens (tertiary/aromatic N) is 1. The lowest BCUT2D eigenvalue weighted by Crippen LogP contribution is -2.23. The Morgan fingerprint density at radius 2 is 1.96 bits per heavy atom. The lowest BCUT2D eigenvalue weighted by Gasteiger charge is -2.11. The Balaban J connectivity index is 0.00000288. The zero-order valence-corrected chi connectivity index (χ0v) is 15.6. The van der Waals surface area contributed by atoms with Crippen molar-refractivity contribution >= 4 is 30.7 Å². The molecule has 0 saturated heterocycles. The average Bonchev–Trinajstić information content (AvgIpc) is 2.59. The maximum atomic E-state index is 11.7. The van der Waals surface area contributed by atoms with Crippen LogP contribution in [0.1, 0.15) is 18.4 Å². The Hall–Kier alpha value is -2.02. The molecule has 2 rings (SSSR count). The Labute approximate surface area is 159 Å². The van der Waals surface area contributed by atoms with Crippen LogP contribution >= 0.6 is 24.8 Å². The summed E-state index contributed by atoms with van der Waals surface area (Å²) in [5.41, 5.74) is 6.20. The van der Waals surface area contributed by atoms with E-state index in [1.807, 2.05) is 24.3 Å². The van der Waals surface area contributed by atoms with Crippen LogP contribution in [0.4, 0.5) is 0 Å². The van der Waals surface area contributed by atoms with Crippen LogP contribution in [0.25, 0.3) is 0 Å². The van der Waals surface area contributed by atoms with Crippen molar-refractivity contribution in [2.75, 3.05) is 13.7 Å². The molecule has 0 saturated carbocycles. The zero-order chi connectivity index (χ0) is 16.5. The third-order valence-corrected chi connectivity index (χ3v) is 3.19. The summed E-state index contributed by atoms with van der Waals surface area (Å²) in [7, 11) is 1.60. The number of amides is 1. The predicted octanol–water partition coefficient (Wildman–Crippen LogP) is 3.08. The van der Waals surface area contributed by atoms with E-state index in [0.717, 1.165) is 5.56 Å². The highest BCUT2D eigenvalue weighted by molar-refractivity contribution is 5.85. The van der Waals surface area contributed by atoms with Crippen LogP contribution in [0, 0.1) is 0 Å². The molecule has 3 N–H and O–H groups in total. The molecule has 0 aliphatic rings. The highest BCUT2D eigenvalue weighted by Gasteiger charge is 2.08. The van der Waals surface area contributed by atoms with E-state index >= 15 is 0 Å². The number of hydrogen-bond acceptors (Lipinski definition) is 5. The maximum Gasteiger partial charge on any atom is 0.224 e. The van der Waals surface area contributed by atoms with Crippen molar-refractivity contribution in [2.24, 2.45) is 5.73 Å². The second-order valence-electron chi connectivity index (χ2n) is 4.92. The van der Waals surface area contributed by atoms with Gasteiger partial charge in [-0.3, -0.25) is 4.79 Å². The summed E-state index contributed by atoms with van der Waals surface area (Å²) in [4.78, 5) is 15.9. The summed E-state index contributed by atoms with van der Waals surface area (Å²) in [6.45, 7) is 0.862. The van der Waals surface area contributed by atoms with Crippen LogP contribution in [-0.2, 0) is 11.3 Å². The smallest absolute Gasteiger partial charge is 0.224 e. The number of pyridine rings is 1. The summed E-state index contributed by atoms with van der Waals surface area (Å²) in [6, 6.07) is 10.9. The van der Waals surface area contributed by atoms with Crippen LogP contribution in [0.15, 0.2) is 42.6 Å². The molecule has 0 atom stereocenters. The highest BCUT2D eigenvalue weighted by Crippen LogP contribution is 2.26. The van der Waals surface area contributed by atoms with Crippen LogP contribution in [0.2, 0.25) is 0 Å². The summed E-state index contributed by atoms with van der Waals surface area (Å²) in [5, 5.41) is 2.84. The molecule has 1 heterocycles. The first kappa shape index (κ1) is 23.0. The van der Waals surface area contributed by atoms with Crippen molar-refractivity contribution in [3.8, 4) is 17.4 Å². The standard InChI is InChI=1S/C17H21N3O3.2ClH/c1-22-14-6-2-7-15(11-14)23-17-13(5-4-10-19-17)12-20-16(21)8-3-9-18;;/h2,4-7,10-11H,3,8-9,12,18H2,1H3,(H,20,21);2*1H. The molecule has 1 aromatic carbocycles. The van der Waals surface area contributed by atoms with Gasteiger partial charge in [0.2, 0.25) is 11.8 Å². The molecule has 6 nitrogen and oxygen atoms in total. The lowest BCUT2D eigenvalue weighted by molar-refractivity contribution is -0.121. The fraction of sp³-hybridized carbons (Fsp3) is 0.294. The molecule has 0 spiro atoms. The van der Waals surface area contributed by atoms with Crippen molar-refractivity contribution < 1.29 is 14.3 Å². The Morgan fingerprint density at radius 1 is 1.20 bits per heavy atom. The van der Waals surface area contributed by atoms with Crippen LogP contribution in [0.3, 0.4) is 0 Å². The third kappa shape index (κ3) is 7.60. The van der Waals surface area contributed by atoms with Gasteiger partial charge in [-0.2, -0.15) is 0 Å². The lowest BCUT2D eigenvalue weighted by atomic mass is 10.2. The molecule has 8 heteroatoms. The number of nitrogens with two attached hydrogens (primary N) is 1. The number of carbonyl (C=O) groups is 1. The topological polar surface area (TPSA) is 86.5 Å². The van der Waals surface area contributed by atoms with Crippen molar-refractivity contribution in [1.82, 2.24) is 10.3 Å². The van der Waals surface area contributed by atoms with E-state index < -0.39 is 0 Å². The predicted molar refractivity (Wildman–Crippen MR) is 102 cm³/mol. The molecular formula is C17H23Cl2N3O3. The van der Waals surface area contributed by atoms with Gasteiger partial charge in [-0.1, -0.05) is 12.1 Å². The number of ether oxygens (including phenoxy) is 2. The summed E-state index contributed by atoms with van der Waals surface area (Å²) in [6.07, 6.45) is 2.74. The van der Waals surface area contributed by atoms with E-state index in [4.69, 9.17) is 15.2 Å². The Kier molecular flexibility index (Phi) is 11.4. The number of hydrogen-bond donors (Lipinski definition) is 2. The van der Waals surface area contributed by atoms with Gasteiger partial charge in [-0.15, -0.1) is 24.8 Å². The van der Waals surface area contributed by atoms with Crippen molar-refractivity contribution in [3.63, 3.8) is 0 Å². The minimum atomic E-state index is -0.0355. The first-order chi connectivity index (χ1) is 11.2. The third-order valence-electron chi connectivity index (χ3n) is 3.19. The van der Waals surface area contributed by atoms with Gasteiger partial charge in [0, 0.05) is 30.8 Å². The molecule has 25 heavy (non-hydrogen) atoms. The molecular weight excluding hydrogens is 365 g/mol. The van der Waals surface area contributed by atoms with E-state index in [9.17, 15) is 4.79 Å². The molecule has 0 unspecified atom stereocenters. The van der Waals surface area contributed by atoms with E-state index in [2.05, 4.69) is 10.3 Å². The molecule has 1 aromatic heterocycles. The number of carbonyl (C=O) groups excluding carboxylic acids is 1. The molecule has 0 aliphatic carbocycles. The van der Waals surface area contributed by atoms with Gasteiger partial charge in [0.25, 0.3) is 0 Å². The SMILES string of the molecule is COc1cccc(Oc2ncccc2CNC(=O)CCCN)c1.Cl.Cl. The van der Waals surface area contributed by atoms with Gasteiger partial charge >= 0.3 is 0 Å². The average molecular weight is 388 g/mol. The number of nitrogens with one attached hydrogen (secondary N) is 1. The van der Waals surface area contributed by atoms with Crippen LogP contribution in [0.5, 0.6) is 17.4 Å². The summed E-state index contributed by atoms with van der Waals surface area (Å²) >= 11 is 0. The number of benzene rings is 1. The fourth-order valence-corrected chi connectivity index (χ4v) is 1.97. The van der Waals surface area contributed by atoms with Gasteiger partial charge in [-0.05, 0) is 31.2 Å². The molecule has 0 bridgehead atoms. The number of rotatable bonds is 8. The second kappa shape index (κ2) is 12.4. The van der Waals surface area contributed by atoms with E-state index in [1.165, 1.54) is 0 Å². The van der Waals surface area contributed by atoms with Gasteiger partial charge in [-0.25, -0.2) is 4.98 Å². The molecule has 2 aromatic rings. The summed E-state index contributed by atoms with van der Waals surface area (Å²) < 4.78 is 11.0. The fourth-order valence-electron chi connectivity index (χ4n) is 1.97. The minimum absolute atomic E-state index is 0. The van der Waals surface area contributed by atoms with Crippen LogP contribution < -0.4 is 20.5 Å². The minimum Gasteiger partial charge on any atom is -0.497 e. The van der Waals surface area contributed by atoms with Crippen molar-refractivity contribution in [1.29, 1.82) is 0 Å². The zero-order valence-electron chi connectivity index (χ0n) is 13.9. The highest BCUT2D eigenvalue weighted by atomic mass is 35.5. The van der Waals surface area contributed by atoms with Gasteiger partial charge in [0.05, 0.1) is 7.11 Å². The number of halogens is 2. The Bertz CT molecular complexity index is 657. The van der Waals surface area contributed by atoms with Crippen molar-refractivity contribution in [3.05, 3.63) is 48.2 Å².